The van der Waals surface area contributed by atoms with Crippen LogP contribution in [0.2, 0.25) is 0 Å². The number of aliphatic hydroxyl groups is 1. The summed E-state index contributed by atoms with van der Waals surface area (Å²) in [5.74, 6) is 0. The maximum atomic E-state index is 9.51. The van der Waals surface area contributed by atoms with E-state index in [2.05, 4.69) is 4.74 Å². The number of ether oxygens (including phenoxy) is 1. The van der Waals surface area contributed by atoms with Crippen LogP contribution in [0.4, 0.5) is 0 Å². The third-order valence-corrected chi connectivity index (χ3v) is 0.644. The van der Waals surface area contributed by atoms with Crippen LogP contribution in [0.25, 0.3) is 0 Å². The van der Waals surface area contributed by atoms with E-state index in [1.807, 2.05) is 0 Å². The van der Waals surface area contributed by atoms with E-state index in [4.69, 9.17) is 10.8 Å². The molecule has 0 amide bonds. The van der Waals surface area contributed by atoms with E-state index in [0.29, 0.717) is 6.42 Å². The van der Waals surface area contributed by atoms with E-state index in [1.54, 1.807) is 0 Å². The van der Waals surface area contributed by atoms with Crippen LogP contribution in [0.15, 0.2) is 0 Å². The second-order valence-corrected chi connectivity index (χ2v) is 1.28. The van der Waals surface area contributed by atoms with Crippen LogP contribution in [0.3, 0.4) is 0 Å². The minimum Gasteiger partial charge on any atom is -0.449 e. The van der Waals surface area contributed by atoms with Crippen LogP contribution in [0, 0.1) is 0 Å². The largest absolute Gasteiger partial charge is 0.449 e. The Morgan fingerprint density at radius 1 is 1.88 bits per heavy atom. The molecule has 8 heavy (non-hydrogen) atoms. The van der Waals surface area contributed by atoms with Crippen molar-refractivity contribution in [3.63, 3.8) is 0 Å². The SMILES string of the molecule is NC(CCO)OC=O. The van der Waals surface area contributed by atoms with Crippen LogP contribution < -0.4 is 5.73 Å². The summed E-state index contributed by atoms with van der Waals surface area (Å²) < 4.78 is 4.22. The third kappa shape index (κ3) is 3.58. The van der Waals surface area contributed by atoms with Crippen molar-refractivity contribution in [2.24, 2.45) is 5.73 Å². The number of carbonyl (C=O) groups is 1. The number of hydrogen-bond donors (Lipinski definition) is 2. The van der Waals surface area contributed by atoms with Gasteiger partial charge < -0.3 is 9.84 Å². The number of nitrogens with two attached hydrogens (primary N) is 1. The fraction of sp³-hybridized carbons (Fsp3) is 0.750. The number of carbonyl (C=O) groups excluding carboxylic acids is 1. The van der Waals surface area contributed by atoms with Crippen molar-refractivity contribution in [2.75, 3.05) is 6.61 Å². The number of rotatable bonds is 4. The van der Waals surface area contributed by atoms with Gasteiger partial charge in [-0.05, 0) is 0 Å². The molecule has 0 rings (SSSR count). The zero-order valence-electron chi connectivity index (χ0n) is 4.41. The number of hydrogen-bond acceptors (Lipinski definition) is 4. The molecule has 1 atom stereocenters. The molecule has 0 aliphatic heterocycles. The van der Waals surface area contributed by atoms with Crippen molar-refractivity contribution in [1.29, 1.82) is 0 Å². The summed E-state index contributed by atoms with van der Waals surface area (Å²) in [4.78, 5) is 9.51. The molecule has 4 nitrogen and oxygen atoms in total. The monoisotopic (exact) mass is 119 g/mol. The van der Waals surface area contributed by atoms with E-state index in [0.717, 1.165) is 0 Å². The summed E-state index contributed by atoms with van der Waals surface area (Å²) in [6.45, 7) is 0.204. The van der Waals surface area contributed by atoms with Gasteiger partial charge in [0.2, 0.25) is 0 Å². The molecule has 0 aromatic rings. The van der Waals surface area contributed by atoms with E-state index in [-0.39, 0.29) is 13.1 Å². The van der Waals surface area contributed by atoms with E-state index >= 15 is 0 Å². The summed E-state index contributed by atoms with van der Waals surface area (Å²) in [5, 5.41) is 8.19. The van der Waals surface area contributed by atoms with E-state index in [9.17, 15) is 4.79 Å². The van der Waals surface area contributed by atoms with E-state index in [1.165, 1.54) is 0 Å². The second kappa shape index (κ2) is 4.55. The summed E-state index contributed by atoms with van der Waals surface area (Å²) >= 11 is 0. The maximum absolute atomic E-state index is 9.51. The van der Waals surface area contributed by atoms with Gasteiger partial charge in [0.05, 0.1) is 0 Å². The summed E-state index contributed by atoms with van der Waals surface area (Å²) in [6, 6.07) is 0. The molecular formula is C4H9NO3. The van der Waals surface area contributed by atoms with Gasteiger partial charge in [0.15, 0.2) is 6.23 Å². The van der Waals surface area contributed by atoms with Crippen molar-refractivity contribution in [3.05, 3.63) is 0 Å². The normalized spacial score (nSPS) is 12.8. The maximum Gasteiger partial charge on any atom is 0.294 e. The van der Waals surface area contributed by atoms with Gasteiger partial charge in [0.1, 0.15) is 0 Å². The van der Waals surface area contributed by atoms with E-state index < -0.39 is 6.23 Å². The molecule has 0 aromatic carbocycles. The minimum atomic E-state index is -0.655. The molecule has 0 aliphatic rings. The molecule has 1 unspecified atom stereocenters. The molecule has 0 aromatic heterocycles. The summed E-state index contributed by atoms with van der Waals surface area (Å²) in [6.07, 6.45) is -0.365. The molecule has 0 fully saturated rings. The highest BCUT2D eigenvalue weighted by atomic mass is 16.5. The quantitative estimate of drug-likeness (QED) is 0.361. The highest BCUT2D eigenvalue weighted by Gasteiger charge is 1.97. The molecular weight excluding hydrogens is 110 g/mol. The lowest BCUT2D eigenvalue weighted by Crippen LogP contribution is -2.24. The van der Waals surface area contributed by atoms with Crippen molar-refractivity contribution < 1.29 is 14.6 Å². The fourth-order valence-electron chi connectivity index (χ4n) is 0.267. The Bertz CT molecular complexity index is 66.3. The first-order valence-electron chi connectivity index (χ1n) is 2.26. The van der Waals surface area contributed by atoms with Crippen molar-refractivity contribution in [2.45, 2.75) is 12.6 Å². The lowest BCUT2D eigenvalue weighted by Gasteiger charge is -2.04. The van der Waals surface area contributed by atoms with Crippen LogP contribution in [-0.4, -0.2) is 24.4 Å². The van der Waals surface area contributed by atoms with Crippen molar-refractivity contribution >= 4 is 6.47 Å². The zero-order valence-corrected chi connectivity index (χ0v) is 4.41. The van der Waals surface area contributed by atoms with Crippen LogP contribution in [-0.2, 0) is 9.53 Å². The van der Waals surface area contributed by atoms with Crippen LogP contribution in [0.5, 0.6) is 0 Å². The Labute approximate surface area is 47.2 Å². The molecule has 0 saturated heterocycles. The molecule has 0 radical (unpaired) electrons. The molecule has 4 heteroatoms. The van der Waals surface area contributed by atoms with Crippen LogP contribution >= 0.6 is 0 Å². The van der Waals surface area contributed by atoms with Crippen LogP contribution in [0.1, 0.15) is 6.42 Å². The Morgan fingerprint density at radius 2 is 2.50 bits per heavy atom. The standard InChI is InChI=1S/C4H9NO3/c5-4(1-2-6)8-3-7/h3-4,6H,1-2,5H2. The first-order chi connectivity index (χ1) is 3.81. The Morgan fingerprint density at radius 3 is 2.88 bits per heavy atom. The number of aliphatic hydroxyl groups excluding tert-OH is 1. The average Bonchev–Trinajstić information content (AvgIpc) is 1.68. The lowest BCUT2D eigenvalue weighted by atomic mass is 10.4. The molecule has 0 aliphatic carbocycles. The predicted molar refractivity (Wildman–Crippen MR) is 26.8 cm³/mol. The second-order valence-electron chi connectivity index (χ2n) is 1.28. The molecule has 48 valence electrons. The van der Waals surface area contributed by atoms with Gasteiger partial charge in [-0.1, -0.05) is 0 Å². The van der Waals surface area contributed by atoms with Gasteiger partial charge in [-0.25, -0.2) is 0 Å². The fourth-order valence-corrected chi connectivity index (χ4v) is 0.267. The Balaban J connectivity index is 3.03. The Kier molecular flexibility index (Phi) is 4.20. The van der Waals surface area contributed by atoms with Crippen molar-refractivity contribution in [3.8, 4) is 0 Å². The molecule has 0 saturated carbocycles. The van der Waals surface area contributed by atoms with Gasteiger partial charge in [0, 0.05) is 13.0 Å². The first kappa shape index (κ1) is 7.39. The first-order valence-corrected chi connectivity index (χ1v) is 2.26. The molecule has 0 bridgehead atoms. The minimum absolute atomic E-state index is 0.0605. The van der Waals surface area contributed by atoms with Gasteiger partial charge in [-0.2, -0.15) is 0 Å². The summed E-state index contributed by atoms with van der Waals surface area (Å²) in [7, 11) is 0. The molecule has 3 N–H and O–H groups in total. The van der Waals surface area contributed by atoms with Gasteiger partial charge >= 0.3 is 0 Å². The third-order valence-electron chi connectivity index (χ3n) is 0.644. The topological polar surface area (TPSA) is 72.6 Å². The van der Waals surface area contributed by atoms with Gasteiger partial charge in [-0.3, -0.25) is 10.5 Å². The Hall–Kier alpha value is -0.610. The predicted octanol–water partition coefficient (Wildman–Crippen LogP) is -1.17. The zero-order chi connectivity index (χ0) is 6.41. The average molecular weight is 119 g/mol. The van der Waals surface area contributed by atoms with Gasteiger partial charge in [-0.15, -0.1) is 0 Å². The molecule has 0 heterocycles. The van der Waals surface area contributed by atoms with Gasteiger partial charge in [0.25, 0.3) is 6.47 Å². The highest BCUT2D eigenvalue weighted by molar-refractivity contribution is 5.37. The van der Waals surface area contributed by atoms with Crippen molar-refractivity contribution in [1.82, 2.24) is 0 Å². The lowest BCUT2D eigenvalue weighted by molar-refractivity contribution is -0.133. The summed E-state index contributed by atoms with van der Waals surface area (Å²) in [5.41, 5.74) is 5.08. The molecule has 0 spiro atoms. The smallest absolute Gasteiger partial charge is 0.294 e. The highest BCUT2D eigenvalue weighted by Crippen LogP contribution is 1.84.